The summed E-state index contributed by atoms with van der Waals surface area (Å²) in [5, 5.41) is 30.9. The summed E-state index contributed by atoms with van der Waals surface area (Å²) in [7, 11) is 0. The van der Waals surface area contributed by atoms with Gasteiger partial charge in [-0.05, 0) is 94.0 Å². The van der Waals surface area contributed by atoms with Crippen molar-refractivity contribution in [1.29, 1.82) is 0 Å². The molecule has 4 nitrogen and oxygen atoms in total. The fourth-order valence-electron chi connectivity index (χ4n) is 6.63. The number of ether oxygens (including phenoxy) is 1. The monoisotopic (exact) mass is 446 g/mol. The average molecular weight is 447 g/mol. The van der Waals surface area contributed by atoms with E-state index in [1.807, 2.05) is 13.8 Å². The number of aliphatic hydroxyl groups excluding tert-OH is 2. The lowest BCUT2D eigenvalue weighted by Gasteiger charge is -2.44. The Morgan fingerprint density at radius 2 is 1.81 bits per heavy atom. The molecule has 3 aliphatic rings. The number of rotatable bonds is 8. The van der Waals surface area contributed by atoms with Crippen LogP contribution in [0.2, 0.25) is 0 Å². The van der Waals surface area contributed by atoms with Crippen LogP contribution in [0.3, 0.4) is 0 Å². The van der Waals surface area contributed by atoms with E-state index in [1.54, 1.807) is 0 Å². The van der Waals surface area contributed by atoms with Crippen molar-refractivity contribution in [2.45, 2.75) is 116 Å². The van der Waals surface area contributed by atoms with Crippen molar-refractivity contribution in [3.05, 3.63) is 35.5 Å². The molecule has 0 saturated heterocycles. The van der Waals surface area contributed by atoms with E-state index in [1.165, 1.54) is 31.3 Å². The molecule has 0 heterocycles. The van der Waals surface area contributed by atoms with Gasteiger partial charge in [0, 0.05) is 6.61 Å². The van der Waals surface area contributed by atoms with E-state index in [0.717, 1.165) is 24.8 Å². The summed E-state index contributed by atoms with van der Waals surface area (Å²) in [5.74, 6) is 1.13. The first kappa shape index (κ1) is 25.7. The molecule has 3 rings (SSSR count). The maximum absolute atomic E-state index is 10.6. The fraction of sp³-hybridized carbons (Fsp3) is 0.786. The molecule has 3 N–H and O–H groups in total. The van der Waals surface area contributed by atoms with Crippen LogP contribution in [0, 0.1) is 17.3 Å². The number of hydrogen-bond donors (Lipinski definition) is 3. The first-order valence-electron chi connectivity index (χ1n) is 12.9. The molecule has 3 saturated carbocycles. The number of fused-ring (bicyclic) bond motifs is 1. The molecule has 0 spiro atoms. The topological polar surface area (TPSA) is 69.9 Å². The third kappa shape index (κ3) is 5.41. The van der Waals surface area contributed by atoms with E-state index in [4.69, 9.17) is 4.74 Å². The molecule has 32 heavy (non-hydrogen) atoms. The van der Waals surface area contributed by atoms with Crippen LogP contribution in [0.25, 0.3) is 0 Å². The van der Waals surface area contributed by atoms with Crippen LogP contribution in [0.4, 0.5) is 0 Å². The van der Waals surface area contributed by atoms with Gasteiger partial charge in [0.1, 0.15) is 0 Å². The second-order valence-corrected chi connectivity index (χ2v) is 10.9. The van der Waals surface area contributed by atoms with Crippen molar-refractivity contribution in [2.24, 2.45) is 17.3 Å². The quantitative estimate of drug-likeness (QED) is 0.432. The van der Waals surface area contributed by atoms with Gasteiger partial charge in [-0.3, -0.25) is 0 Å². The number of allylic oxidation sites excluding steroid dienone is 3. The minimum atomic E-state index is -0.632. The van der Waals surface area contributed by atoms with Crippen molar-refractivity contribution >= 4 is 0 Å². The van der Waals surface area contributed by atoms with Crippen molar-refractivity contribution in [2.75, 3.05) is 6.61 Å². The summed E-state index contributed by atoms with van der Waals surface area (Å²) in [6.07, 6.45) is 12.8. The first-order valence-corrected chi connectivity index (χ1v) is 12.9. The van der Waals surface area contributed by atoms with E-state index in [-0.39, 0.29) is 11.5 Å². The molecule has 0 aromatic rings. The number of aliphatic hydroxyl groups is 3. The van der Waals surface area contributed by atoms with Crippen LogP contribution in [-0.2, 0) is 4.74 Å². The van der Waals surface area contributed by atoms with Gasteiger partial charge in [0.05, 0.1) is 23.9 Å². The summed E-state index contributed by atoms with van der Waals surface area (Å²) in [6, 6.07) is 0. The summed E-state index contributed by atoms with van der Waals surface area (Å²) in [5.41, 5.74) is 2.85. The van der Waals surface area contributed by atoms with Gasteiger partial charge < -0.3 is 20.1 Å². The van der Waals surface area contributed by atoms with Gasteiger partial charge in [0.15, 0.2) is 0 Å². The third-order valence-electron chi connectivity index (χ3n) is 9.17. The van der Waals surface area contributed by atoms with E-state index in [0.29, 0.717) is 43.3 Å². The lowest BCUT2D eigenvalue weighted by Crippen LogP contribution is -2.39. The normalized spacial score (nSPS) is 35.8. The Kier molecular flexibility index (Phi) is 8.46. The fourth-order valence-corrected chi connectivity index (χ4v) is 6.63. The zero-order chi connectivity index (χ0) is 23.5. The molecule has 182 valence electrons. The zero-order valence-corrected chi connectivity index (χ0v) is 20.8. The molecule has 0 radical (unpaired) electrons. The Morgan fingerprint density at radius 1 is 1.16 bits per heavy atom. The van der Waals surface area contributed by atoms with Gasteiger partial charge in [-0.1, -0.05) is 50.6 Å². The van der Waals surface area contributed by atoms with Gasteiger partial charge in [-0.15, -0.1) is 0 Å². The van der Waals surface area contributed by atoms with Gasteiger partial charge in [0.2, 0.25) is 0 Å². The van der Waals surface area contributed by atoms with Crippen LogP contribution in [0.15, 0.2) is 35.5 Å². The molecule has 4 heteroatoms. The van der Waals surface area contributed by atoms with Crippen molar-refractivity contribution in [1.82, 2.24) is 0 Å². The largest absolute Gasteiger partial charge is 0.390 e. The highest BCUT2D eigenvalue weighted by Gasteiger charge is 2.51. The Hall–Kier alpha value is -0.940. The van der Waals surface area contributed by atoms with Crippen LogP contribution in [0.1, 0.15) is 91.9 Å². The smallest absolute Gasteiger partial charge is 0.0809 e. The molecule has 0 amide bonds. The predicted molar refractivity (Wildman–Crippen MR) is 130 cm³/mol. The molecule has 3 fully saturated rings. The van der Waals surface area contributed by atoms with Crippen LogP contribution in [0.5, 0.6) is 0 Å². The Bertz CT molecular complexity index is 703. The van der Waals surface area contributed by atoms with E-state index in [9.17, 15) is 15.3 Å². The van der Waals surface area contributed by atoms with Gasteiger partial charge in [0.25, 0.3) is 0 Å². The lowest BCUT2D eigenvalue weighted by atomic mass is 9.62. The van der Waals surface area contributed by atoms with Crippen molar-refractivity contribution in [3.63, 3.8) is 0 Å². The summed E-state index contributed by atoms with van der Waals surface area (Å²) < 4.78 is 6.31. The van der Waals surface area contributed by atoms with Crippen LogP contribution >= 0.6 is 0 Å². The molecule has 0 aliphatic heterocycles. The van der Waals surface area contributed by atoms with Crippen LogP contribution in [-0.4, -0.2) is 45.8 Å². The molecule has 3 unspecified atom stereocenters. The highest BCUT2D eigenvalue weighted by molar-refractivity contribution is 5.29. The molecule has 0 bridgehead atoms. The maximum Gasteiger partial charge on any atom is 0.0809 e. The van der Waals surface area contributed by atoms with Gasteiger partial charge in [-0.2, -0.15) is 0 Å². The highest BCUT2D eigenvalue weighted by Crippen LogP contribution is 2.58. The second kappa shape index (κ2) is 10.5. The van der Waals surface area contributed by atoms with Crippen molar-refractivity contribution < 1.29 is 20.1 Å². The summed E-state index contributed by atoms with van der Waals surface area (Å²) in [4.78, 5) is 0. The standard InChI is InChI=1S/C28H46O4/c1-6-28(31,7-2)15-16-32-20(4)23-12-13-24-22(9-8-14-27(23,24)5)11-10-21-17-25(29)19(3)26(30)18-21/h10-11,20,23-26,29-31H,3,6-9,12-18H2,1-2,4-5H3/t20-,23?,24?,25-,26-,27?/m1/s1. The number of hydrogen-bond acceptors (Lipinski definition) is 4. The molecule has 0 aromatic heterocycles. The zero-order valence-electron chi connectivity index (χ0n) is 20.8. The molecular formula is C28H46O4. The first-order chi connectivity index (χ1) is 15.1. The maximum atomic E-state index is 10.6. The molecule has 3 aliphatic carbocycles. The SMILES string of the molecule is C=C1[C@H](O)CC(=CC=C2CCCC3(C)C2CCC3[C@@H](C)OCCC(O)(CC)CC)C[C@H]1O. The lowest BCUT2D eigenvalue weighted by molar-refractivity contribution is -0.0559. The molecule has 6 atom stereocenters. The Balaban J connectivity index is 1.65. The minimum absolute atomic E-state index is 0.204. The minimum Gasteiger partial charge on any atom is -0.390 e. The second-order valence-electron chi connectivity index (χ2n) is 10.9. The van der Waals surface area contributed by atoms with E-state index in [2.05, 4.69) is 32.6 Å². The van der Waals surface area contributed by atoms with Crippen molar-refractivity contribution in [3.8, 4) is 0 Å². The predicted octanol–water partition coefficient (Wildman–Crippen LogP) is 5.47. The van der Waals surface area contributed by atoms with Gasteiger partial charge >= 0.3 is 0 Å². The Labute approximate surface area is 195 Å². The van der Waals surface area contributed by atoms with E-state index < -0.39 is 17.8 Å². The van der Waals surface area contributed by atoms with Crippen LogP contribution < -0.4 is 0 Å². The average Bonchev–Trinajstić information content (AvgIpc) is 3.13. The van der Waals surface area contributed by atoms with E-state index >= 15 is 0 Å². The molecule has 0 aromatic carbocycles. The summed E-state index contributed by atoms with van der Waals surface area (Å²) >= 11 is 0. The van der Waals surface area contributed by atoms with Gasteiger partial charge in [-0.25, -0.2) is 0 Å². The highest BCUT2D eigenvalue weighted by atomic mass is 16.5. The molecular weight excluding hydrogens is 400 g/mol. The Morgan fingerprint density at radius 3 is 2.44 bits per heavy atom. The summed E-state index contributed by atoms with van der Waals surface area (Å²) in [6.45, 7) is 13.2. The third-order valence-corrected chi connectivity index (χ3v) is 9.17.